The molecule has 0 spiro atoms. The van der Waals surface area contributed by atoms with Crippen LogP contribution < -0.4 is 20.9 Å². The van der Waals surface area contributed by atoms with Crippen molar-refractivity contribution >= 4 is 35.3 Å². The van der Waals surface area contributed by atoms with E-state index in [-0.39, 0.29) is 22.6 Å². The van der Waals surface area contributed by atoms with E-state index in [1.807, 2.05) is 0 Å². The van der Waals surface area contributed by atoms with Crippen LogP contribution in [0.4, 0.5) is 11.4 Å². The third kappa shape index (κ3) is 10.9. The van der Waals surface area contributed by atoms with Crippen molar-refractivity contribution in [3.63, 3.8) is 0 Å². The zero-order chi connectivity index (χ0) is 31.1. The summed E-state index contributed by atoms with van der Waals surface area (Å²) in [5.41, 5.74) is 13.0. The third-order valence-corrected chi connectivity index (χ3v) is 5.37. The van der Waals surface area contributed by atoms with Crippen LogP contribution >= 0.6 is 0 Å². The number of rotatable bonds is 7. The molecule has 10 heteroatoms. The maximum Gasteiger partial charge on any atom is 0.343 e. The van der Waals surface area contributed by atoms with Crippen molar-refractivity contribution in [2.24, 2.45) is 0 Å². The largest absolute Gasteiger partial charge is 0.478 e. The standard InChI is InChI=1S/2C14H11NO4.C4H10/c2*15-11-3-1-2-10(8-11)14(18)19-12-6-4-9(5-7-12)13(16)17;1-3-4-2/h2*1-8H,15H2,(H,16,17);3-4H2,1-2H3. The van der Waals surface area contributed by atoms with Crippen molar-refractivity contribution in [1.82, 2.24) is 0 Å². The number of nitrogens with two attached hydrogens (primary N) is 2. The molecule has 0 saturated heterocycles. The van der Waals surface area contributed by atoms with Crippen LogP contribution in [0.5, 0.6) is 11.5 Å². The summed E-state index contributed by atoms with van der Waals surface area (Å²) in [7, 11) is 0. The first kappa shape index (κ1) is 32.6. The van der Waals surface area contributed by atoms with Crippen molar-refractivity contribution in [2.75, 3.05) is 11.5 Å². The van der Waals surface area contributed by atoms with E-state index >= 15 is 0 Å². The first-order valence-corrected chi connectivity index (χ1v) is 12.9. The molecule has 4 aromatic rings. The lowest BCUT2D eigenvalue weighted by Crippen LogP contribution is -2.09. The number of benzene rings is 4. The topological polar surface area (TPSA) is 179 Å². The van der Waals surface area contributed by atoms with Crippen LogP contribution in [-0.2, 0) is 0 Å². The number of hydrogen-bond acceptors (Lipinski definition) is 8. The molecule has 0 heterocycles. The van der Waals surface area contributed by atoms with Gasteiger partial charge >= 0.3 is 23.9 Å². The van der Waals surface area contributed by atoms with Crippen LogP contribution in [0.1, 0.15) is 68.1 Å². The van der Waals surface area contributed by atoms with E-state index in [4.69, 9.17) is 31.2 Å². The minimum absolute atomic E-state index is 0.128. The number of esters is 2. The molecular formula is C32H32N2O8. The van der Waals surface area contributed by atoms with Crippen LogP contribution in [-0.4, -0.2) is 34.1 Å². The Morgan fingerprint density at radius 2 is 0.881 bits per heavy atom. The number of hydrogen-bond donors (Lipinski definition) is 4. The third-order valence-electron chi connectivity index (χ3n) is 5.37. The smallest absolute Gasteiger partial charge is 0.343 e. The van der Waals surface area contributed by atoms with Crippen LogP contribution in [0, 0.1) is 0 Å². The predicted octanol–water partition coefficient (Wildman–Crippen LogP) is 6.18. The molecule has 0 unspecified atom stereocenters. The molecule has 4 rings (SSSR count). The summed E-state index contributed by atoms with van der Waals surface area (Å²) in [6.45, 7) is 4.36. The molecular weight excluding hydrogens is 540 g/mol. The molecule has 0 aromatic heterocycles. The first-order chi connectivity index (χ1) is 20.0. The Hall–Kier alpha value is -5.64. The van der Waals surface area contributed by atoms with E-state index in [1.165, 1.54) is 73.5 Å². The Morgan fingerprint density at radius 1 is 0.548 bits per heavy atom. The zero-order valence-electron chi connectivity index (χ0n) is 23.2. The van der Waals surface area contributed by atoms with Gasteiger partial charge in [-0.3, -0.25) is 0 Å². The Morgan fingerprint density at radius 3 is 1.14 bits per heavy atom. The molecule has 4 aromatic carbocycles. The highest BCUT2D eigenvalue weighted by Crippen LogP contribution is 2.17. The normalized spacial score (nSPS) is 9.67. The molecule has 218 valence electrons. The van der Waals surface area contributed by atoms with Gasteiger partial charge in [-0.1, -0.05) is 38.8 Å². The number of carbonyl (C=O) groups excluding carboxylic acids is 2. The van der Waals surface area contributed by atoms with Crippen molar-refractivity contribution in [1.29, 1.82) is 0 Å². The van der Waals surface area contributed by atoms with Crippen molar-refractivity contribution in [2.45, 2.75) is 26.7 Å². The second kappa shape index (κ2) is 16.5. The average Bonchev–Trinajstić information content (AvgIpc) is 2.98. The van der Waals surface area contributed by atoms with Gasteiger partial charge < -0.3 is 31.2 Å². The van der Waals surface area contributed by atoms with E-state index in [2.05, 4.69) is 13.8 Å². The number of anilines is 2. The van der Waals surface area contributed by atoms with E-state index in [0.717, 1.165) is 0 Å². The number of unbranched alkanes of at least 4 members (excludes halogenated alkanes) is 1. The highest BCUT2D eigenvalue weighted by molar-refractivity contribution is 5.93. The van der Waals surface area contributed by atoms with E-state index < -0.39 is 23.9 Å². The van der Waals surface area contributed by atoms with Crippen molar-refractivity contribution < 1.29 is 38.9 Å². The average molecular weight is 573 g/mol. The van der Waals surface area contributed by atoms with Gasteiger partial charge in [-0.15, -0.1) is 0 Å². The minimum Gasteiger partial charge on any atom is -0.478 e. The number of aromatic carboxylic acids is 2. The van der Waals surface area contributed by atoms with Crippen molar-refractivity contribution in [3.05, 3.63) is 119 Å². The molecule has 0 aliphatic rings. The van der Waals surface area contributed by atoms with Crippen LogP contribution in [0.15, 0.2) is 97.1 Å². The summed E-state index contributed by atoms with van der Waals surface area (Å²) in [5, 5.41) is 17.5. The SMILES string of the molecule is CCCC.Nc1cccc(C(=O)Oc2ccc(C(=O)O)cc2)c1.Nc1cccc(C(=O)Oc2ccc(C(=O)O)cc2)c1. The summed E-state index contributed by atoms with van der Waals surface area (Å²) in [6.07, 6.45) is 2.64. The molecule has 0 saturated carbocycles. The second-order valence-electron chi connectivity index (χ2n) is 8.69. The van der Waals surface area contributed by atoms with Gasteiger partial charge in [0.2, 0.25) is 0 Å². The van der Waals surface area contributed by atoms with Gasteiger partial charge in [0.25, 0.3) is 0 Å². The lowest BCUT2D eigenvalue weighted by molar-refractivity contribution is 0.0685. The maximum atomic E-state index is 11.8. The number of carboxylic acid groups (broad SMARTS) is 2. The molecule has 0 fully saturated rings. The summed E-state index contributed by atoms with van der Waals surface area (Å²) in [5.74, 6) is -2.61. The first-order valence-electron chi connectivity index (χ1n) is 12.9. The Bertz CT molecular complexity index is 1380. The van der Waals surface area contributed by atoms with Gasteiger partial charge in [0.15, 0.2) is 0 Å². The molecule has 0 aliphatic carbocycles. The van der Waals surface area contributed by atoms with Gasteiger partial charge in [0, 0.05) is 11.4 Å². The fourth-order valence-electron chi connectivity index (χ4n) is 2.99. The lowest BCUT2D eigenvalue weighted by Gasteiger charge is -2.05. The molecule has 0 radical (unpaired) electrons. The van der Waals surface area contributed by atoms with Crippen LogP contribution in [0.2, 0.25) is 0 Å². The Balaban J connectivity index is 0.000000261. The molecule has 0 amide bonds. The fourth-order valence-corrected chi connectivity index (χ4v) is 2.99. The number of carboxylic acids is 2. The lowest BCUT2D eigenvalue weighted by atomic mass is 10.2. The highest BCUT2D eigenvalue weighted by Gasteiger charge is 2.11. The monoisotopic (exact) mass is 572 g/mol. The summed E-state index contributed by atoms with van der Waals surface area (Å²) in [6, 6.07) is 24.0. The van der Waals surface area contributed by atoms with Gasteiger partial charge in [0.05, 0.1) is 22.3 Å². The van der Waals surface area contributed by atoms with E-state index in [0.29, 0.717) is 22.5 Å². The van der Waals surface area contributed by atoms with Crippen LogP contribution in [0.25, 0.3) is 0 Å². The van der Waals surface area contributed by atoms with E-state index in [9.17, 15) is 19.2 Å². The number of carbonyl (C=O) groups is 4. The fraction of sp³-hybridized carbons (Fsp3) is 0.125. The van der Waals surface area contributed by atoms with E-state index in [1.54, 1.807) is 36.4 Å². The van der Waals surface area contributed by atoms with Crippen LogP contribution in [0.3, 0.4) is 0 Å². The van der Waals surface area contributed by atoms with Gasteiger partial charge in [0.1, 0.15) is 11.5 Å². The molecule has 6 N–H and O–H groups in total. The highest BCUT2D eigenvalue weighted by atomic mass is 16.5. The Kier molecular flexibility index (Phi) is 12.8. The molecule has 42 heavy (non-hydrogen) atoms. The van der Waals surface area contributed by atoms with Crippen molar-refractivity contribution in [3.8, 4) is 11.5 Å². The number of nitrogen functional groups attached to an aromatic ring is 2. The van der Waals surface area contributed by atoms with Gasteiger partial charge in [-0.25, -0.2) is 19.2 Å². The molecule has 10 nitrogen and oxygen atoms in total. The molecule has 0 aliphatic heterocycles. The Labute approximate surface area is 243 Å². The molecule has 0 bridgehead atoms. The second-order valence-corrected chi connectivity index (χ2v) is 8.69. The summed E-state index contributed by atoms with van der Waals surface area (Å²) < 4.78 is 10.2. The minimum atomic E-state index is -1.03. The number of ether oxygens (including phenoxy) is 2. The summed E-state index contributed by atoms with van der Waals surface area (Å²) in [4.78, 5) is 44.9. The predicted molar refractivity (Wildman–Crippen MR) is 159 cm³/mol. The maximum absolute atomic E-state index is 11.8. The quantitative estimate of drug-likeness (QED) is 0.113. The summed E-state index contributed by atoms with van der Waals surface area (Å²) >= 11 is 0. The zero-order valence-corrected chi connectivity index (χ0v) is 23.2. The molecule has 0 atom stereocenters. The van der Waals surface area contributed by atoms with Gasteiger partial charge in [-0.2, -0.15) is 0 Å². The van der Waals surface area contributed by atoms with Gasteiger partial charge in [-0.05, 0) is 84.9 Å².